The molecule has 0 aromatic heterocycles. The normalized spacial score (nSPS) is 18.4. The van der Waals surface area contributed by atoms with E-state index in [1.165, 1.54) is 18.6 Å². The summed E-state index contributed by atoms with van der Waals surface area (Å²) in [6.45, 7) is 4.34. The highest BCUT2D eigenvalue weighted by Gasteiger charge is 2.15. The second kappa shape index (κ2) is 5.66. The fourth-order valence-electron chi connectivity index (χ4n) is 2.00. The summed E-state index contributed by atoms with van der Waals surface area (Å²) in [6, 6.07) is 10.1. The van der Waals surface area contributed by atoms with Gasteiger partial charge in [-0.05, 0) is 45.0 Å². The van der Waals surface area contributed by atoms with E-state index in [9.17, 15) is 0 Å². The third kappa shape index (κ3) is 3.07. The van der Waals surface area contributed by atoms with Crippen molar-refractivity contribution in [1.29, 1.82) is 0 Å². The second-order valence-corrected chi connectivity index (χ2v) is 4.26. The average molecular weight is 217 g/mol. The number of nitrogens with one attached hydrogen (secondary N) is 2. The molecule has 3 nitrogen and oxygen atoms in total. The number of hydrogen-bond donors (Lipinski definition) is 2. The largest absolute Gasteiger partial charge is 0.317 e. The predicted molar refractivity (Wildman–Crippen MR) is 68.8 cm³/mol. The number of hydrogen-bond acceptors (Lipinski definition) is 3. The molecule has 0 atom stereocenters. The van der Waals surface area contributed by atoms with Crippen LogP contribution in [0, 0.1) is 5.92 Å². The molecule has 1 saturated heterocycles. The first-order valence-corrected chi connectivity index (χ1v) is 5.92. The van der Waals surface area contributed by atoms with Crippen molar-refractivity contribution in [2.75, 3.05) is 18.5 Å². The van der Waals surface area contributed by atoms with Crippen LogP contribution in [-0.2, 0) is 0 Å². The molecule has 1 aliphatic heterocycles. The molecule has 2 rings (SSSR count). The lowest BCUT2D eigenvalue weighted by Crippen LogP contribution is -2.31. The van der Waals surface area contributed by atoms with Gasteiger partial charge in [0.2, 0.25) is 0 Å². The fourth-order valence-corrected chi connectivity index (χ4v) is 2.00. The van der Waals surface area contributed by atoms with E-state index >= 15 is 0 Å². The molecule has 0 unspecified atom stereocenters. The maximum absolute atomic E-state index is 4.46. The zero-order valence-corrected chi connectivity index (χ0v) is 9.74. The highest BCUT2D eigenvalue weighted by atomic mass is 15.3. The van der Waals surface area contributed by atoms with Crippen LogP contribution < -0.4 is 10.7 Å². The lowest BCUT2D eigenvalue weighted by atomic mass is 9.94. The smallest absolute Gasteiger partial charge is 0.0561 e. The second-order valence-electron chi connectivity index (χ2n) is 4.26. The van der Waals surface area contributed by atoms with Gasteiger partial charge in [-0.2, -0.15) is 5.10 Å². The number of nitrogens with zero attached hydrogens (tertiary/aromatic N) is 1. The Labute approximate surface area is 96.9 Å². The molecule has 86 valence electrons. The molecule has 0 bridgehead atoms. The fraction of sp³-hybridized carbons (Fsp3) is 0.462. The number of benzene rings is 1. The van der Waals surface area contributed by atoms with Gasteiger partial charge in [0.1, 0.15) is 0 Å². The van der Waals surface area contributed by atoms with Crippen molar-refractivity contribution in [2.24, 2.45) is 11.0 Å². The number of anilines is 1. The van der Waals surface area contributed by atoms with Crippen molar-refractivity contribution in [1.82, 2.24) is 5.32 Å². The van der Waals surface area contributed by atoms with Gasteiger partial charge in [0.15, 0.2) is 0 Å². The predicted octanol–water partition coefficient (Wildman–Crippen LogP) is 2.47. The highest BCUT2D eigenvalue weighted by Crippen LogP contribution is 2.14. The van der Waals surface area contributed by atoms with E-state index in [0.29, 0.717) is 5.92 Å². The zero-order chi connectivity index (χ0) is 11.2. The summed E-state index contributed by atoms with van der Waals surface area (Å²) in [5, 5.41) is 7.82. The van der Waals surface area contributed by atoms with Crippen LogP contribution in [0.1, 0.15) is 19.8 Å². The van der Waals surface area contributed by atoms with E-state index in [4.69, 9.17) is 0 Å². The molecule has 1 fully saturated rings. The summed E-state index contributed by atoms with van der Waals surface area (Å²) in [6.07, 6.45) is 2.40. The van der Waals surface area contributed by atoms with Gasteiger partial charge in [-0.15, -0.1) is 0 Å². The molecule has 2 N–H and O–H groups in total. The van der Waals surface area contributed by atoms with Gasteiger partial charge in [-0.1, -0.05) is 18.2 Å². The molecule has 0 aliphatic carbocycles. The summed E-state index contributed by atoms with van der Waals surface area (Å²) in [4.78, 5) is 0. The SMILES string of the molecule is C/C(=N\Nc1ccccc1)C1CCNCC1. The van der Waals surface area contributed by atoms with E-state index < -0.39 is 0 Å². The number of para-hydroxylation sites is 1. The topological polar surface area (TPSA) is 36.4 Å². The number of piperidine rings is 1. The summed E-state index contributed by atoms with van der Waals surface area (Å²) in [5.41, 5.74) is 5.37. The summed E-state index contributed by atoms with van der Waals surface area (Å²) < 4.78 is 0. The maximum atomic E-state index is 4.46. The van der Waals surface area contributed by atoms with Gasteiger partial charge in [0.25, 0.3) is 0 Å². The van der Waals surface area contributed by atoms with Crippen LogP contribution in [0.15, 0.2) is 35.4 Å². The van der Waals surface area contributed by atoms with Crippen molar-refractivity contribution in [3.05, 3.63) is 30.3 Å². The molecule has 0 spiro atoms. The van der Waals surface area contributed by atoms with Crippen LogP contribution in [0.5, 0.6) is 0 Å². The molecule has 1 heterocycles. The van der Waals surface area contributed by atoms with E-state index in [2.05, 4.69) is 22.8 Å². The van der Waals surface area contributed by atoms with E-state index in [0.717, 1.165) is 18.8 Å². The van der Waals surface area contributed by atoms with Crippen molar-refractivity contribution in [3.63, 3.8) is 0 Å². The van der Waals surface area contributed by atoms with Crippen molar-refractivity contribution < 1.29 is 0 Å². The highest BCUT2D eigenvalue weighted by molar-refractivity contribution is 5.85. The van der Waals surface area contributed by atoms with Gasteiger partial charge in [0.05, 0.1) is 5.69 Å². The Morgan fingerprint density at radius 2 is 1.94 bits per heavy atom. The van der Waals surface area contributed by atoms with Crippen LogP contribution in [0.25, 0.3) is 0 Å². The van der Waals surface area contributed by atoms with Gasteiger partial charge in [-0.3, -0.25) is 5.43 Å². The van der Waals surface area contributed by atoms with Crippen LogP contribution >= 0.6 is 0 Å². The molecule has 0 radical (unpaired) electrons. The molecule has 3 heteroatoms. The lowest BCUT2D eigenvalue weighted by molar-refractivity contribution is 0.455. The van der Waals surface area contributed by atoms with Crippen LogP contribution in [-0.4, -0.2) is 18.8 Å². The minimum atomic E-state index is 0.637. The van der Waals surface area contributed by atoms with Crippen molar-refractivity contribution in [3.8, 4) is 0 Å². The average Bonchev–Trinajstić information content (AvgIpc) is 2.38. The summed E-state index contributed by atoms with van der Waals surface area (Å²) in [7, 11) is 0. The molecule has 1 aliphatic rings. The first-order valence-electron chi connectivity index (χ1n) is 5.92. The molecular formula is C13H19N3. The van der Waals surface area contributed by atoms with Gasteiger partial charge < -0.3 is 5.32 Å². The maximum Gasteiger partial charge on any atom is 0.0561 e. The molecule has 0 saturated carbocycles. The molecule has 1 aromatic rings. The first kappa shape index (κ1) is 11.1. The first-order chi connectivity index (χ1) is 7.86. The molecule has 1 aromatic carbocycles. The van der Waals surface area contributed by atoms with Crippen LogP contribution in [0.2, 0.25) is 0 Å². The van der Waals surface area contributed by atoms with Gasteiger partial charge >= 0.3 is 0 Å². The third-order valence-electron chi connectivity index (χ3n) is 3.07. The Bertz CT molecular complexity index is 339. The molecule has 16 heavy (non-hydrogen) atoms. The van der Waals surface area contributed by atoms with Crippen molar-refractivity contribution in [2.45, 2.75) is 19.8 Å². The zero-order valence-electron chi connectivity index (χ0n) is 9.74. The number of hydrazone groups is 1. The Morgan fingerprint density at radius 1 is 1.25 bits per heavy atom. The minimum Gasteiger partial charge on any atom is -0.317 e. The lowest BCUT2D eigenvalue weighted by Gasteiger charge is -2.22. The van der Waals surface area contributed by atoms with E-state index in [1.54, 1.807) is 0 Å². The molecular weight excluding hydrogens is 198 g/mol. The molecule has 0 amide bonds. The summed E-state index contributed by atoms with van der Waals surface area (Å²) >= 11 is 0. The Hall–Kier alpha value is -1.35. The van der Waals surface area contributed by atoms with Crippen LogP contribution in [0.4, 0.5) is 5.69 Å². The Morgan fingerprint density at radius 3 is 2.62 bits per heavy atom. The Balaban J connectivity index is 1.91. The van der Waals surface area contributed by atoms with Crippen molar-refractivity contribution >= 4 is 11.4 Å². The summed E-state index contributed by atoms with van der Waals surface area (Å²) in [5.74, 6) is 0.637. The van der Waals surface area contributed by atoms with Gasteiger partial charge in [0, 0.05) is 11.6 Å². The minimum absolute atomic E-state index is 0.637. The Kier molecular flexibility index (Phi) is 3.94. The monoisotopic (exact) mass is 217 g/mol. The van der Waals surface area contributed by atoms with Gasteiger partial charge in [-0.25, -0.2) is 0 Å². The van der Waals surface area contributed by atoms with E-state index in [1.807, 2.05) is 30.3 Å². The standard InChI is InChI=1S/C13H19N3/c1-11(12-7-9-14-10-8-12)15-16-13-5-3-2-4-6-13/h2-6,12,14,16H,7-10H2,1H3/b15-11+. The van der Waals surface area contributed by atoms with Crippen LogP contribution in [0.3, 0.4) is 0 Å². The third-order valence-corrected chi connectivity index (χ3v) is 3.07. The van der Waals surface area contributed by atoms with E-state index in [-0.39, 0.29) is 0 Å². The number of rotatable bonds is 3. The quantitative estimate of drug-likeness (QED) is 0.603.